The van der Waals surface area contributed by atoms with Crippen molar-refractivity contribution < 1.29 is 4.79 Å². The summed E-state index contributed by atoms with van der Waals surface area (Å²) < 4.78 is 0. The van der Waals surface area contributed by atoms with Gasteiger partial charge in [0.15, 0.2) is 0 Å². The first-order valence-corrected chi connectivity index (χ1v) is 6.18. The first-order chi connectivity index (χ1) is 8.04. The fourth-order valence-corrected chi connectivity index (χ4v) is 1.64. The van der Waals surface area contributed by atoms with Crippen molar-refractivity contribution >= 4 is 17.5 Å². The van der Waals surface area contributed by atoms with Gasteiger partial charge in [-0.2, -0.15) is 0 Å². The molecule has 0 aromatic heterocycles. The van der Waals surface area contributed by atoms with Crippen LogP contribution in [-0.4, -0.2) is 18.5 Å². The van der Waals surface area contributed by atoms with Crippen LogP contribution < -0.4 is 10.6 Å². The fraction of sp³-hybridized carbons (Fsp3) is 0.462. The van der Waals surface area contributed by atoms with Gasteiger partial charge in [-0.15, -0.1) is 0 Å². The molecule has 1 aromatic rings. The normalized spacial score (nSPS) is 12.2. The van der Waals surface area contributed by atoms with E-state index in [0.717, 1.165) is 16.1 Å². The summed E-state index contributed by atoms with van der Waals surface area (Å²) in [4.78, 5) is 11.5. The van der Waals surface area contributed by atoms with E-state index in [9.17, 15) is 4.79 Å². The van der Waals surface area contributed by atoms with Crippen molar-refractivity contribution in [3.63, 3.8) is 0 Å². The summed E-state index contributed by atoms with van der Waals surface area (Å²) in [6, 6.07) is 5.72. The zero-order valence-corrected chi connectivity index (χ0v) is 11.3. The summed E-state index contributed by atoms with van der Waals surface area (Å²) >= 11 is 6.03. The van der Waals surface area contributed by atoms with Gasteiger partial charge in [-0.25, -0.2) is 0 Å². The van der Waals surface area contributed by atoms with E-state index in [1.165, 1.54) is 0 Å². The third kappa shape index (κ3) is 4.36. The second kappa shape index (κ2) is 6.62. The molecule has 1 aromatic carbocycles. The molecule has 4 heteroatoms. The van der Waals surface area contributed by atoms with Crippen molar-refractivity contribution in [3.8, 4) is 0 Å². The smallest absolute Gasteiger partial charge is 0.236 e. The van der Waals surface area contributed by atoms with Gasteiger partial charge in [-0.3, -0.25) is 4.79 Å². The molecule has 17 heavy (non-hydrogen) atoms. The molecule has 3 nitrogen and oxygen atoms in total. The number of benzene rings is 1. The highest BCUT2D eigenvalue weighted by Gasteiger charge is 2.10. The Morgan fingerprint density at radius 1 is 1.47 bits per heavy atom. The lowest BCUT2D eigenvalue weighted by molar-refractivity contribution is -0.122. The molecule has 0 aliphatic rings. The molecule has 0 heterocycles. The molecule has 0 bridgehead atoms. The molecule has 1 rings (SSSR count). The van der Waals surface area contributed by atoms with Crippen LogP contribution in [0.5, 0.6) is 0 Å². The Kier molecular flexibility index (Phi) is 5.45. The number of nitrogens with one attached hydrogen (secondary N) is 2. The fourth-order valence-electron chi connectivity index (χ4n) is 1.44. The Labute approximate surface area is 108 Å². The van der Waals surface area contributed by atoms with Gasteiger partial charge in [0.2, 0.25) is 5.91 Å². The van der Waals surface area contributed by atoms with Crippen molar-refractivity contribution in [1.29, 1.82) is 0 Å². The summed E-state index contributed by atoms with van der Waals surface area (Å²) in [6.45, 7) is 7.02. The van der Waals surface area contributed by atoms with E-state index < -0.39 is 0 Å². The molecule has 0 saturated heterocycles. The van der Waals surface area contributed by atoms with Crippen LogP contribution in [0.3, 0.4) is 0 Å². The summed E-state index contributed by atoms with van der Waals surface area (Å²) in [5.41, 5.74) is 2.14. The molecule has 0 aliphatic heterocycles. The number of rotatable bonds is 5. The van der Waals surface area contributed by atoms with Gasteiger partial charge in [-0.1, -0.05) is 23.7 Å². The Hall–Kier alpha value is -1.06. The average molecular weight is 255 g/mol. The maximum atomic E-state index is 11.5. The van der Waals surface area contributed by atoms with Gasteiger partial charge in [-0.05, 0) is 38.0 Å². The maximum Gasteiger partial charge on any atom is 0.236 e. The Morgan fingerprint density at radius 2 is 2.18 bits per heavy atom. The van der Waals surface area contributed by atoms with Gasteiger partial charge in [0.05, 0.1) is 6.04 Å². The molecular formula is C13H19ClN2O. The van der Waals surface area contributed by atoms with Crippen LogP contribution in [0.2, 0.25) is 5.02 Å². The molecule has 94 valence electrons. The lowest BCUT2D eigenvalue weighted by atomic mass is 10.1. The highest BCUT2D eigenvalue weighted by Crippen LogP contribution is 2.16. The summed E-state index contributed by atoms with van der Waals surface area (Å²) in [7, 11) is 0. The van der Waals surface area contributed by atoms with Gasteiger partial charge in [0.1, 0.15) is 0 Å². The Morgan fingerprint density at radius 3 is 2.76 bits per heavy atom. The zero-order chi connectivity index (χ0) is 12.8. The lowest BCUT2D eigenvalue weighted by Crippen LogP contribution is -2.41. The van der Waals surface area contributed by atoms with Crippen LogP contribution >= 0.6 is 11.6 Å². The second-order valence-electron chi connectivity index (χ2n) is 4.08. The number of hydrogen-bond acceptors (Lipinski definition) is 2. The number of aryl methyl sites for hydroxylation is 1. The van der Waals surface area contributed by atoms with Crippen LogP contribution in [0.25, 0.3) is 0 Å². The molecule has 0 saturated carbocycles. The summed E-state index contributed by atoms with van der Waals surface area (Å²) in [6.07, 6.45) is 0. The largest absolute Gasteiger partial charge is 0.355 e. The molecule has 1 atom stereocenters. The van der Waals surface area contributed by atoms with E-state index >= 15 is 0 Å². The molecule has 1 unspecified atom stereocenters. The monoisotopic (exact) mass is 254 g/mol. The number of amides is 1. The van der Waals surface area contributed by atoms with Crippen LogP contribution in [0.15, 0.2) is 18.2 Å². The third-order valence-corrected chi connectivity index (χ3v) is 3.00. The van der Waals surface area contributed by atoms with Crippen molar-refractivity contribution in [3.05, 3.63) is 34.3 Å². The molecule has 0 radical (unpaired) electrons. The predicted molar refractivity (Wildman–Crippen MR) is 71.2 cm³/mol. The minimum Gasteiger partial charge on any atom is -0.355 e. The Bertz CT molecular complexity index is 393. The maximum absolute atomic E-state index is 11.5. The van der Waals surface area contributed by atoms with E-state index in [1.54, 1.807) is 0 Å². The van der Waals surface area contributed by atoms with Crippen molar-refractivity contribution in [2.75, 3.05) is 6.54 Å². The predicted octanol–water partition coefficient (Wildman–Crippen LogP) is 2.26. The highest BCUT2D eigenvalue weighted by atomic mass is 35.5. The standard InChI is InChI=1S/C13H19ClN2O/c1-4-15-13(17)10(3)16-8-11-6-5-9(2)12(14)7-11/h5-7,10,16H,4,8H2,1-3H3,(H,15,17). The SMILES string of the molecule is CCNC(=O)C(C)NCc1ccc(C)c(Cl)c1. The minimum atomic E-state index is -0.199. The molecule has 0 fully saturated rings. The van der Waals surface area contributed by atoms with E-state index in [0.29, 0.717) is 13.1 Å². The summed E-state index contributed by atoms with van der Waals surface area (Å²) in [5.74, 6) is 0.0192. The van der Waals surface area contributed by atoms with Gasteiger partial charge < -0.3 is 10.6 Å². The first-order valence-electron chi connectivity index (χ1n) is 5.80. The topological polar surface area (TPSA) is 41.1 Å². The highest BCUT2D eigenvalue weighted by molar-refractivity contribution is 6.31. The van der Waals surface area contributed by atoms with Crippen LogP contribution in [0.1, 0.15) is 25.0 Å². The van der Waals surface area contributed by atoms with E-state index in [-0.39, 0.29) is 11.9 Å². The number of halogens is 1. The molecule has 1 amide bonds. The van der Waals surface area contributed by atoms with Crippen LogP contribution in [-0.2, 0) is 11.3 Å². The molecule has 0 spiro atoms. The van der Waals surface area contributed by atoms with E-state index in [2.05, 4.69) is 10.6 Å². The quantitative estimate of drug-likeness (QED) is 0.846. The molecular weight excluding hydrogens is 236 g/mol. The average Bonchev–Trinajstić information content (AvgIpc) is 2.30. The zero-order valence-electron chi connectivity index (χ0n) is 10.5. The Balaban J connectivity index is 2.50. The number of likely N-dealkylation sites (N-methyl/N-ethyl adjacent to an activating group) is 1. The first kappa shape index (κ1) is 14.0. The van der Waals surface area contributed by atoms with Crippen molar-refractivity contribution in [1.82, 2.24) is 10.6 Å². The van der Waals surface area contributed by atoms with Crippen molar-refractivity contribution in [2.45, 2.75) is 33.4 Å². The lowest BCUT2D eigenvalue weighted by Gasteiger charge is -2.13. The van der Waals surface area contributed by atoms with E-state index in [1.807, 2.05) is 39.0 Å². The van der Waals surface area contributed by atoms with Crippen molar-refractivity contribution in [2.24, 2.45) is 0 Å². The second-order valence-corrected chi connectivity index (χ2v) is 4.49. The van der Waals surface area contributed by atoms with Gasteiger partial charge >= 0.3 is 0 Å². The molecule has 0 aliphatic carbocycles. The minimum absolute atomic E-state index is 0.0192. The number of hydrogen-bond donors (Lipinski definition) is 2. The van der Waals surface area contributed by atoms with E-state index in [4.69, 9.17) is 11.6 Å². The third-order valence-electron chi connectivity index (χ3n) is 2.59. The summed E-state index contributed by atoms with van der Waals surface area (Å²) in [5, 5.41) is 6.69. The number of carbonyl (C=O) groups excluding carboxylic acids is 1. The van der Waals surface area contributed by atoms with Crippen LogP contribution in [0, 0.1) is 6.92 Å². The molecule has 2 N–H and O–H groups in total. The van der Waals surface area contributed by atoms with Gasteiger partial charge in [0.25, 0.3) is 0 Å². The number of carbonyl (C=O) groups is 1. The van der Waals surface area contributed by atoms with Crippen LogP contribution in [0.4, 0.5) is 0 Å². The van der Waals surface area contributed by atoms with Gasteiger partial charge in [0, 0.05) is 18.1 Å².